The molecule has 0 bridgehead atoms. The zero-order valence-corrected chi connectivity index (χ0v) is 10.7. The Hall–Kier alpha value is -2.82. The summed E-state index contributed by atoms with van der Waals surface area (Å²) in [7, 11) is 0. The number of aromatic carboxylic acids is 1. The summed E-state index contributed by atoms with van der Waals surface area (Å²) in [6.07, 6.45) is 1.82. The van der Waals surface area contributed by atoms with E-state index in [0.717, 1.165) is 5.69 Å². The number of benzene rings is 1. The highest BCUT2D eigenvalue weighted by atomic mass is 16.4. The van der Waals surface area contributed by atoms with Gasteiger partial charge in [0.15, 0.2) is 5.69 Å². The summed E-state index contributed by atoms with van der Waals surface area (Å²) in [4.78, 5) is 15.4. The first-order valence-corrected chi connectivity index (χ1v) is 6.24. The molecule has 5 heteroatoms. The number of hydrogen-bond donors (Lipinski definition) is 2. The van der Waals surface area contributed by atoms with Crippen LogP contribution in [0, 0.1) is 0 Å². The average Bonchev–Trinajstić information content (AvgIpc) is 2.85. The van der Waals surface area contributed by atoms with E-state index >= 15 is 0 Å². The fourth-order valence-electron chi connectivity index (χ4n) is 2.12. The second kappa shape index (κ2) is 5.05. The van der Waals surface area contributed by atoms with Crippen molar-refractivity contribution in [3.63, 3.8) is 0 Å². The van der Waals surface area contributed by atoms with Crippen molar-refractivity contribution in [2.45, 2.75) is 6.54 Å². The Kier molecular flexibility index (Phi) is 3.09. The molecular formula is C15H13N3O2. The lowest BCUT2D eigenvalue weighted by atomic mass is 10.3. The van der Waals surface area contributed by atoms with Crippen LogP contribution in [0.2, 0.25) is 0 Å². The van der Waals surface area contributed by atoms with Crippen molar-refractivity contribution >= 4 is 17.2 Å². The maximum atomic E-state index is 11.2. The smallest absolute Gasteiger partial charge is 0.356 e. The van der Waals surface area contributed by atoms with Crippen LogP contribution in [0.1, 0.15) is 16.3 Å². The minimum atomic E-state index is -1.01. The van der Waals surface area contributed by atoms with E-state index in [-0.39, 0.29) is 5.69 Å². The van der Waals surface area contributed by atoms with Crippen LogP contribution < -0.4 is 5.32 Å². The van der Waals surface area contributed by atoms with Gasteiger partial charge in [0.05, 0.1) is 12.1 Å². The van der Waals surface area contributed by atoms with Crippen molar-refractivity contribution in [2.24, 2.45) is 0 Å². The first-order valence-electron chi connectivity index (χ1n) is 6.24. The van der Waals surface area contributed by atoms with Crippen molar-refractivity contribution < 1.29 is 9.90 Å². The normalized spacial score (nSPS) is 10.6. The molecule has 0 spiro atoms. The molecule has 5 nitrogen and oxygen atoms in total. The van der Waals surface area contributed by atoms with E-state index in [4.69, 9.17) is 0 Å². The number of fused-ring (bicyclic) bond motifs is 1. The second-order valence-electron chi connectivity index (χ2n) is 4.36. The Morgan fingerprint density at radius 2 is 1.90 bits per heavy atom. The third kappa shape index (κ3) is 2.21. The number of anilines is 1. The topological polar surface area (TPSA) is 66.6 Å². The average molecular weight is 267 g/mol. The van der Waals surface area contributed by atoms with E-state index in [9.17, 15) is 9.90 Å². The molecule has 0 atom stereocenters. The zero-order valence-electron chi connectivity index (χ0n) is 10.7. The van der Waals surface area contributed by atoms with Gasteiger partial charge in [0, 0.05) is 11.9 Å². The van der Waals surface area contributed by atoms with Gasteiger partial charge in [-0.3, -0.25) is 0 Å². The number of carboxylic acid groups (broad SMARTS) is 1. The monoisotopic (exact) mass is 267 g/mol. The molecule has 0 unspecified atom stereocenters. The quantitative estimate of drug-likeness (QED) is 0.762. The maximum Gasteiger partial charge on any atom is 0.356 e. The standard InChI is InChI=1S/C15H13N3O2/c19-15(20)14-12-8-4-5-9-18(12)13(17-14)10-16-11-6-2-1-3-7-11/h1-9,16H,10H2,(H,19,20). The first kappa shape index (κ1) is 12.2. The fourth-order valence-corrected chi connectivity index (χ4v) is 2.12. The van der Waals surface area contributed by atoms with Gasteiger partial charge in [0.1, 0.15) is 5.82 Å². The number of pyridine rings is 1. The van der Waals surface area contributed by atoms with Gasteiger partial charge >= 0.3 is 5.97 Å². The van der Waals surface area contributed by atoms with Gasteiger partial charge in [0.2, 0.25) is 0 Å². The molecule has 0 saturated heterocycles. The summed E-state index contributed by atoms with van der Waals surface area (Å²) in [6.45, 7) is 0.461. The third-order valence-electron chi connectivity index (χ3n) is 3.05. The summed E-state index contributed by atoms with van der Waals surface area (Å²) in [5, 5.41) is 12.4. The molecule has 20 heavy (non-hydrogen) atoms. The van der Waals surface area contributed by atoms with Gasteiger partial charge in [0.25, 0.3) is 0 Å². The summed E-state index contributed by atoms with van der Waals surface area (Å²) in [5.74, 6) is -0.346. The molecule has 3 rings (SSSR count). The van der Waals surface area contributed by atoms with Crippen LogP contribution in [0.4, 0.5) is 5.69 Å². The highest BCUT2D eigenvalue weighted by Gasteiger charge is 2.15. The number of carbonyl (C=O) groups is 1. The Bertz CT molecular complexity index is 750. The molecule has 2 N–H and O–H groups in total. The Morgan fingerprint density at radius 3 is 2.65 bits per heavy atom. The molecule has 0 amide bonds. The molecule has 100 valence electrons. The summed E-state index contributed by atoms with van der Waals surface area (Å²) < 4.78 is 1.79. The number of nitrogens with zero attached hydrogens (tertiary/aromatic N) is 2. The SMILES string of the molecule is O=C(O)c1nc(CNc2ccccc2)n2ccccc12. The lowest BCUT2D eigenvalue weighted by Crippen LogP contribution is -2.04. The maximum absolute atomic E-state index is 11.2. The van der Waals surface area contributed by atoms with Crippen molar-refractivity contribution in [2.75, 3.05) is 5.32 Å². The van der Waals surface area contributed by atoms with Crippen molar-refractivity contribution in [1.29, 1.82) is 0 Å². The number of para-hydroxylation sites is 1. The molecule has 3 aromatic rings. The second-order valence-corrected chi connectivity index (χ2v) is 4.36. The van der Waals surface area contributed by atoms with Crippen molar-refractivity contribution in [3.05, 3.63) is 66.2 Å². The number of nitrogens with one attached hydrogen (secondary N) is 1. The molecule has 0 aliphatic carbocycles. The van der Waals surface area contributed by atoms with Crippen LogP contribution in [0.5, 0.6) is 0 Å². The fraction of sp³-hybridized carbons (Fsp3) is 0.0667. The number of hydrogen-bond acceptors (Lipinski definition) is 3. The van der Waals surface area contributed by atoms with Gasteiger partial charge in [-0.1, -0.05) is 24.3 Å². The predicted molar refractivity (Wildman–Crippen MR) is 75.9 cm³/mol. The van der Waals surface area contributed by atoms with Crippen LogP contribution in [-0.2, 0) is 6.54 Å². The van der Waals surface area contributed by atoms with Crippen LogP contribution in [-0.4, -0.2) is 20.5 Å². The van der Waals surface area contributed by atoms with Gasteiger partial charge in [-0.25, -0.2) is 9.78 Å². The largest absolute Gasteiger partial charge is 0.476 e. The summed E-state index contributed by atoms with van der Waals surface area (Å²) >= 11 is 0. The lowest BCUT2D eigenvalue weighted by Gasteiger charge is -2.05. The van der Waals surface area contributed by atoms with Crippen LogP contribution >= 0.6 is 0 Å². The molecule has 2 aromatic heterocycles. The molecule has 0 aliphatic rings. The van der Waals surface area contributed by atoms with E-state index in [0.29, 0.717) is 17.9 Å². The minimum Gasteiger partial charge on any atom is -0.476 e. The van der Waals surface area contributed by atoms with E-state index in [1.165, 1.54) is 0 Å². The number of aromatic nitrogens is 2. The van der Waals surface area contributed by atoms with Crippen LogP contribution in [0.15, 0.2) is 54.7 Å². The van der Waals surface area contributed by atoms with Gasteiger partial charge in [-0.2, -0.15) is 0 Å². The molecule has 2 heterocycles. The molecule has 0 radical (unpaired) electrons. The van der Waals surface area contributed by atoms with E-state index in [1.54, 1.807) is 16.5 Å². The van der Waals surface area contributed by atoms with Crippen molar-refractivity contribution in [1.82, 2.24) is 9.38 Å². The predicted octanol–water partition coefficient (Wildman–Crippen LogP) is 2.64. The van der Waals surface area contributed by atoms with E-state index in [1.807, 2.05) is 42.6 Å². The Morgan fingerprint density at radius 1 is 1.15 bits per heavy atom. The molecular weight excluding hydrogens is 254 g/mol. The Labute approximate surface area is 115 Å². The number of imidazole rings is 1. The van der Waals surface area contributed by atoms with Gasteiger partial charge in [-0.15, -0.1) is 0 Å². The van der Waals surface area contributed by atoms with Gasteiger partial charge in [-0.05, 0) is 24.3 Å². The third-order valence-corrected chi connectivity index (χ3v) is 3.05. The molecule has 0 aliphatic heterocycles. The summed E-state index contributed by atoms with van der Waals surface area (Å²) in [5.41, 5.74) is 1.65. The summed E-state index contributed by atoms with van der Waals surface area (Å²) in [6, 6.07) is 15.1. The van der Waals surface area contributed by atoms with E-state index < -0.39 is 5.97 Å². The molecule has 0 fully saturated rings. The van der Waals surface area contributed by atoms with Crippen LogP contribution in [0.25, 0.3) is 5.52 Å². The highest BCUT2D eigenvalue weighted by Crippen LogP contribution is 2.14. The Balaban J connectivity index is 1.94. The lowest BCUT2D eigenvalue weighted by molar-refractivity contribution is 0.0693. The number of rotatable bonds is 4. The molecule has 0 saturated carbocycles. The first-order chi connectivity index (χ1) is 9.75. The highest BCUT2D eigenvalue weighted by molar-refractivity contribution is 5.93. The van der Waals surface area contributed by atoms with Crippen molar-refractivity contribution in [3.8, 4) is 0 Å². The molecule has 1 aromatic carbocycles. The van der Waals surface area contributed by atoms with E-state index in [2.05, 4.69) is 10.3 Å². The van der Waals surface area contributed by atoms with Gasteiger partial charge < -0.3 is 14.8 Å². The van der Waals surface area contributed by atoms with Crippen LogP contribution in [0.3, 0.4) is 0 Å². The number of carboxylic acids is 1. The zero-order chi connectivity index (χ0) is 13.9. The minimum absolute atomic E-state index is 0.0791.